The second kappa shape index (κ2) is 12.4. The van der Waals surface area contributed by atoms with E-state index >= 15 is 0 Å². The van der Waals surface area contributed by atoms with Crippen molar-refractivity contribution >= 4 is 23.9 Å². The van der Waals surface area contributed by atoms with Gasteiger partial charge < -0.3 is 25.8 Å². The number of carboxylic acids is 1. The number of hydrogen-bond donors (Lipinski definition) is 4. The summed E-state index contributed by atoms with van der Waals surface area (Å²) in [5.74, 6) is -2.93. The molecule has 166 valence electrons. The van der Waals surface area contributed by atoms with Crippen LogP contribution in [0, 0.1) is 5.92 Å². The molecule has 0 aliphatic carbocycles. The average molecular weight is 425 g/mol. The van der Waals surface area contributed by atoms with E-state index in [1.165, 1.54) is 6.92 Å². The average Bonchev–Trinajstić information content (AvgIpc) is 2.69. The van der Waals surface area contributed by atoms with Gasteiger partial charge in [0.25, 0.3) is 0 Å². The van der Waals surface area contributed by atoms with Crippen molar-refractivity contribution in [2.24, 2.45) is 5.92 Å². The molecule has 0 aliphatic rings. The van der Waals surface area contributed by atoms with Gasteiger partial charge in [-0.2, -0.15) is 0 Å². The summed E-state index contributed by atoms with van der Waals surface area (Å²) in [4.78, 5) is 47.3. The summed E-state index contributed by atoms with van der Waals surface area (Å²) in [6.07, 6.45) is -1.37. The molecule has 3 atom stereocenters. The van der Waals surface area contributed by atoms with Crippen molar-refractivity contribution in [3.63, 3.8) is 0 Å². The second-order valence-corrected chi connectivity index (χ2v) is 7.12. The summed E-state index contributed by atoms with van der Waals surface area (Å²) in [5.41, 5.74) is 0.785. The summed E-state index contributed by atoms with van der Waals surface area (Å²) in [7, 11) is 0. The summed E-state index contributed by atoms with van der Waals surface area (Å²) in [6, 6.07) is 5.78. The number of halogens is 1. The summed E-state index contributed by atoms with van der Waals surface area (Å²) in [5, 5.41) is 15.8. The highest BCUT2D eigenvalue weighted by molar-refractivity contribution is 5.91. The van der Waals surface area contributed by atoms with Crippen LogP contribution in [0.1, 0.15) is 32.8 Å². The van der Waals surface area contributed by atoms with Gasteiger partial charge in [-0.25, -0.2) is 9.18 Å². The summed E-state index contributed by atoms with van der Waals surface area (Å²) in [6.45, 7) is 3.76. The van der Waals surface area contributed by atoms with Crippen molar-refractivity contribution in [2.45, 2.75) is 51.9 Å². The predicted octanol–water partition coefficient (Wildman–Crippen LogP) is 1.37. The van der Waals surface area contributed by atoms with E-state index in [0.717, 1.165) is 5.56 Å². The third-order valence-electron chi connectivity index (χ3n) is 4.14. The lowest BCUT2D eigenvalue weighted by atomic mass is 10.0. The van der Waals surface area contributed by atoms with Crippen molar-refractivity contribution in [3.05, 3.63) is 35.9 Å². The van der Waals surface area contributed by atoms with Crippen LogP contribution in [0.5, 0.6) is 0 Å². The molecule has 0 spiro atoms. The highest BCUT2D eigenvalue weighted by Gasteiger charge is 2.28. The Kier molecular flexibility index (Phi) is 10.3. The van der Waals surface area contributed by atoms with Gasteiger partial charge in [-0.15, -0.1) is 0 Å². The first-order valence-corrected chi connectivity index (χ1v) is 9.49. The van der Waals surface area contributed by atoms with E-state index in [0.29, 0.717) is 0 Å². The van der Waals surface area contributed by atoms with Crippen LogP contribution in [0.2, 0.25) is 0 Å². The zero-order valence-electron chi connectivity index (χ0n) is 17.2. The van der Waals surface area contributed by atoms with Gasteiger partial charge in [-0.05, 0) is 18.4 Å². The highest BCUT2D eigenvalue weighted by Crippen LogP contribution is 2.05. The fourth-order valence-electron chi connectivity index (χ4n) is 2.48. The lowest BCUT2D eigenvalue weighted by Crippen LogP contribution is -2.55. The maximum absolute atomic E-state index is 12.9. The van der Waals surface area contributed by atoms with Crippen molar-refractivity contribution in [1.29, 1.82) is 0 Å². The smallest absolute Gasteiger partial charge is 0.408 e. The molecule has 30 heavy (non-hydrogen) atoms. The van der Waals surface area contributed by atoms with E-state index in [2.05, 4.69) is 16.0 Å². The number of ether oxygens (including phenoxy) is 1. The highest BCUT2D eigenvalue weighted by atomic mass is 19.1. The number of aliphatic carboxylic acids is 1. The SMILES string of the molecule is CC(C)[C@H](NC(=O)OCc1ccccc1)C(=O)N[C@@H](C)C(=O)N[C@H](CF)CC(=O)O. The Bertz CT molecular complexity index is 729. The van der Waals surface area contributed by atoms with Gasteiger partial charge >= 0.3 is 12.1 Å². The fraction of sp³-hybridized carbons (Fsp3) is 0.500. The Balaban J connectivity index is 2.59. The normalized spacial score (nSPS) is 13.6. The topological polar surface area (TPSA) is 134 Å². The number of carbonyl (C=O) groups excluding carboxylic acids is 3. The lowest BCUT2D eigenvalue weighted by molar-refractivity contribution is -0.138. The van der Waals surface area contributed by atoms with Gasteiger partial charge in [-0.1, -0.05) is 44.2 Å². The fourth-order valence-corrected chi connectivity index (χ4v) is 2.48. The van der Waals surface area contributed by atoms with Crippen molar-refractivity contribution < 1.29 is 33.4 Å². The van der Waals surface area contributed by atoms with E-state index in [1.807, 2.05) is 6.07 Å². The van der Waals surface area contributed by atoms with Gasteiger partial charge in [0.1, 0.15) is 25.4 Å². The zero-order valence-corrected chi connectivity index (χ0v) is 17.2. The molecule has 0 saturated carbocycles. The molecule has 0 saturated heterocycles. The van der Waals surface area contributed by atoms with Crippen LogP contribution in [0.3, 0.4) is 0 Å². The van der Waals surface area contributed by atoms with Crippen LogP contribution in [-0.2, 0) is 25.7 Å². The summed E-state index contributed by atoms with van der Waals surface area (Å²) < 4.78 is 18.0. The molecule has 0 aromatic heterocycles. The van der Waals surface area contributed by atoms with Crippen molar-refractivity contribution in [1.82, 2.24) is 16.0 Å². The minimum absolute atomic E-state index is 0.0338. The van der Waals surface area contributed by atoms with Crippen LogP contribution >= 0.6 is 0 Å². The van der Waals surface area contributed by atoms with Gasteiger partial charge in [0.2, 0.25) is 11.8 Å². The van der Waals surface area contributed by atoms with Gasteiger partial charge in [0.05, 0.1) is 12.5 Å². The molecule has 0 fully saturated rings. The maximum Gasteiger partial charge on any atom is 0.408 e. The Morgan fingerprint density at radius 2 is 1.63 bits per heavy atom. The van der Waals surface area contributed by atoms with E-state index in [9.17, 15) is 23.6 Å². The molecule has 9 nitrogen and oxygen atoms in total. The molecule has 1 aromatic carbocycles. The number of nitrogens with one attached hydrogen (secondary N) is 3. The Morgan fingerprint density at radius 3 is 2.17 bits per heavy atom. The predicted molar refractivity (Wildman–Crippen MR) is 106 cm³/mol. The number of hydrogen-bond acceptors (Lipinski definition) is 5. The van der Waals surface area contributed by atoms with Crippen molar-refractivity contribution in [3.8, 4) is 0 Å². The number of alkyl carbamates (subject to hydrolysis) is 1. The number of alkyl halides is 1. The number of rotatable bonds is 11. The van der Waals surface area contributed by atoms with E-state index < -0.39 is 55.1 Å². The van der Waals surface area contributed by atoms with E-state index in [-0.39, 0.29) is 12.5 Å². The first kappa shape index (κ1) is 24.9. The molecule has 10 heteroatoms. The second-order valence-electron chi connectivity index (χ2n) is 7.12. The number of amides is 3. The minimum Gasteiger partial charge on any atom is -0.481 e. The number of carboxylic acid groups (broad SMARTS) is 1. The van der Waals surface area contributed by atoms with Crippen LogP contribution in [-0.4, -0.2) is 53.8 Å². The third kappa shape index (κ3) is 8.89. The molecular weight excluding hydrogens is 397 g/mol. The molecule has 0 unspecified atom stereocenters. The standard InChI is InChI=1S/C20H28FN3O6/c1-12(2)17(24-20(29)30-11-14-7-5-4-6-8-14)19(28)22-13(3)18(27)23-15(10-21)9-16(25)26/h4-8,12-13,15,17H,9-11H2,1-3H3,(H,22,28)(H,23,27)(H,24,29)(H,25,26)/t13-,15-,17-/m0/s1. The van der Waals surface area contributed by atoms with Crippen LogP contribution in [0.15, 0.2) is 30.3 Å². The molecule has 4 N–H and O–H groups in total. The number of carbonyl (C=O) groups is 4. The Labute approximate surface area is 174 Å². The third-order valence-corrected chi connectivity index (χ3v) is 4.14. The van der Waals surface area contributed by atoms with Crippen molar-refractivity contribution in [2.75, 3.05) is 6.67 Å². The maximum atomic E-state index is 12.9. The molecule has 0 aliphatic heterocycles. The first-order chi connectivity index (χ1) is 14.1. The van der Waals surface area contributed by atoms with Gasteiger partial charge in [-0.3, -0.25) is 14.4 Å². The minimum atomic E-state index is -1.26. The van der Waals surface area contributed by atoms with E-state index in [4.69, 9.17) is 9.84 Å². The van der Waals surface area contributed by atoms with Crippen LogP contribution < -0.4 is 16.0 Å². The molecular formula is C20H28FN3O6. The molecule has 1 rings (SSSR count). The summed E-state index contributed by atoms with van der Waals surface area (Å²) >= 11 is 0. The monoisotopic (exact) mass is 425 g/mol. The van der Waals surface area contributed by atoms with Crippen LogP contribution in [0.25, 0.3) is 0 Å². The Hall–Kier alpha value is -3.17. The lowest BCUT2D eigenvalue weighted by Gasteiger charge is -2.24. The zero-order chi connectivity index (χ0) is 22.7. The first-order valence-electron chi connectivity index (χ1n) is 9.49. The molecule has 0 radical (unpaired) electrons. The number of benzene rings is 1. The van der Waals surface area contributed by atoms with Crippen LogP contribution in [0.4, 0.5) is 9.18 Å². The van der Waals surface area contributed by atoms with Gasteiger partial charge in [0.15, 0.2) is 0 Å². The molecule has 3 amide bonds. The largest absolute Gasteiger partial charge is 0.481 e. The molecule has 0 bridgehead atoms. The Morgan fingerprint density at radius 1 is 1.00 bits per heavy atom. The molecule has 1 aromatic rings. The quantitative estimate of drug-likeness (QED) is 0.423. The molecule has 0 heterocycles. The van der Waals surface area contributed by atoms with E-state index in [1.54, 1.807) is 38.1 Å². The van der Waals surface area contributed by atoms with Gasteiger partial charge in [0, 0.05) is 0 Å².